The van der Waals surface area contributed by atoms with E-state index in [4.69, 9.17) is 4.74 Å². The summed E-state index contributed by atoms with van der Waals surface area (Å²) >= 11 is 0. The molecule has 0 unspecified atom stereocenters. The number of aromatic nitrogens is 4. The smallest absolute Gasteiger partial charge is 0.222 e. The van der Waals surface area contributed by atoms with Crippen molar-refractivity contribution in [3.8, 4) is 17.1 Å². The van der Waals surface area contributed by atoms with Gasteiger partial charge in [0.2, 0.25) is 5.88 Å². The van der Waals surface area contributed by atoms with Gasteiger partial charge < -0.3 is 9.64 Å². The Hall–Kier alpha value is -2.63. The molecule has 1 fully saturated rings. The third-order valence-corrected chi connectivity index (χ3v) is 4.06. The van der Waals surface area contributed by atoms with Gasteiger partial charge in [0, 0.05) is 31.7 Å². The van der Waals surface area contributed by atoms with Crippen molar-refractivity contribution in [2.45, 2.75) is 12.8 Å². The zero-order valence-corrected chi connectivity index (χ0v) is 12.4. The second kappa shape index (κ2) is 5.29. The monoisotopic (exact) mass is 295 g/mol. The number of rotatable bonds is 3. The zero-order chi connectivity index (χ0) is 14.9. The summed E-state index contributed by atoms with van der Waals surface area (Å²) in [6.45, 7) is 2.09. The lowest BCUT2D eigenvalue weighted by Gasteiger charge is -2.16. The van der Waals surface area contributed by atoms with E-state index in [0.717, 1.165) is 35.8 Å². The first-order valence-electron chi connectivity index (χ1n) is 7.45. The molecule has 0 aromatic carbocycles. The Morgan fingerprint density at radius 3 is 2.77 bits per heavy atom. The molecule has 0 spiro atoms. The van der Waals surface area contributed by atoms with Gasteiger partial charge in [-0.1, -0.05) is 0 Å². The van der Waals surface area contributed by atoms with Crippen LogP contribution in [0.3, 0.4) is 0 Å². The van der Waals surface area contributed by atoms with E-state index in [2.05, 4.69) is 24.3 Å². The van der Waals surface area contributed by atoms with Gasteiger partial charge in [-0.15, -0.1) is 0 Å². The lowest BCUT2D eigenvalue weighted by Crippen LogP contribution is -2.19. The largest absolute Gasteiger partial charge is 0.481 e. The topological polar surface area (TPSA) is 55.6 Å². The molecular weight excluding hydrogens is 278 g/mol. The van der Waals surface area contributed by atoms with Crippen LogP contribution in [0.4, 0.5) is 5.82 Å². The van der Waals surface area contributed by atoms with E-state index in [1.807, 2.05) is 30.7 Å². The number of hydrogen-bond acceptors (Lipinski definition) is 5. The van der Waals surface area contributed by atoms with Crippen LogP contribution in [0.25, 0.3) is 16.9 Å². The summed E-state index contributed by atoms with van der Waals surface area (Å²) in [4.78, 5) is 15.7. The number of hydrogen-bond donors (Lipinski definition) is 0. The van der Waals surface area contributed by atoms with Gasteiger partial charge in [-0.3, -0.25) is 4.40 Å². The number of pyridine rings is 1. The molecule has 3 aromatic heterocycles. The molecule has 0 radical (unpaired) electrons. The third kappa shape index (κ3) is 1.99. The molecule has 0 amide bonds. The number of fused-ring (bicyclic) bond motifs is 1. The van der Waals surface area contributed by atoms with E-state index in [0.29, 0.717) is 5.88 Å². The van der Waals surface area contributed by atoms with Crippen LogP contribution < -0.4 is 9.64 Å². The van der Waals surface area contributed by atoms with Gasteiger partial charge in [0.1, 0.15) is 0 Å². The molecule has 112 valence electrons. The van der Waals surface area contributed by atoms with E-state index < -0.39 is 0 Å². The first-order chi connectivity index (χ1) is 10.9. The Kier molecular flexibility index (Phi) is 3.14. The van der Waals surface area contributed by atoms with E-state index in [9.17, 15) is 0 Å². The molecule has 0 bridgehead atoms. The maximum Gasteiger partial charge on any atom is 0.222 e. The lowest BCUT2D eigenvalue weighted by molar-refractivity contribution is 0.399. The molecule has 4 rings (SSSR count). The Labute approximate surface area is 128 Å². The van der Waals surface area contributed by atoms with Crippen molar-refractivity contribution in [2.24, 2.45) is 0 Å². The van der Waals surface area contributed by atoms with E-state index in [-0.39, 0.29) is 0 Å². The fourth-order valence-corrected chi connectivity index (χ4v) is 3.01. The van der Waals surface area contributed by atoms with Crippen LogP contribution in [0, 0.1) is 0 Å². The molecule has 0 aliphatic carbocycles. The highest BCUT2D eigenvalue weighted by Crippen LogP contribution is 2.30. The van der Waals surface area contributed by atoms with Crippen LogP contribution in [0.1, 0.15) is 12.8 Å². The average Bonchev–Trinajstić information content (AvgIpc) is 3.24. The average molecular weight is 295 g/mol. The summed E-state index contributed by atoms with van der Waals surface area (Å²) in [6, 6.07) is 3.89. The van der Waals surface area contributed by atoms with E-state index in [1.165, 1.54) is 12.8 Å². The summed E-state index contributed by atoms with van der Waals surface area (Å²) in [5.41, 5.74) is 2.77. The first-order valence-corrected chi connectivity index (χ1v) is 7.45. The molecule has 22 heavy (non-hydrogen) atoms. The molecule has 6 nitrogen and oxygen atoms in total. The van der Waals surface area contributed by atoms with Crippen molar-refractivity contribution >= 4 is 11.5 Å². The second-order valence-electron chi connectivity index (χ2n) is 5.34. The Balaban J connectivity index is 1.88. The predicted octanol–water partition coefficient (Wildman–Crippen LogP) is 2.40. The predicted molar refractivity (Wildman–Crippen MR) is 84.2 cm³/mol. The van der Waals surface area contributed by atoms with Gasteiger partial charge in [-0.25, -0.2) is 15.0 Å². The zero-order valence-electron chi connectivity index (χ0n) is 12.4. The Morgan fingerprint density at radius 1 is 1.09 bits per heavy atom. The molecule has 0 N–H and O–H groups in total. The minimum Gasteiger partial charge on any atom is -0.481 e. The van der Waals surface area contributed by atoms with Crippen molar-refractivity contribution in [1.29, 1.82) is 0 Å². The molecule has 3 aromatic rings. The molecule has 4 heterocycles. The molecule has 0 saturated carbocycles. The highest BCUT2D eigenvalue weighted by atomic mass is 16.5. The van der Waals surface area contributed by atoms with Crippen molar-refractivity contribution in [1.82, 2.24) is 19.4 Å². The van der Waals surface area contributed by atoms with Gasteiger partial charge >= 0.3 is 0 Å². The van der Waals surface area contributed by atoms with Crippen LogP contribution in [0.5, 0.6) is 5.88 Å². The SMILES string of the molecule is COc1ncccc1-c1cnc2c(N3CCCC3)nccn12. The maximum atomic E-state index is 5.37. The number of imidazole rings is 1. The van der Waals surface area contributed by atoms with Gasteiger partial charge in [-0.05, 0) is 25.0 Å². The van der Waals surface area contributed by atoms with Crippen LogP contribution in [0.15, 0.2) is 36.9 Å². The number of nitrogens with zero attached hydrogens (tertiary/aromatic N) is 5. The molecule has 0 atom stereocenters. The highest BCUT2D eigenvalue weighted by Gasteiger charge is 2.19. The van der Waals surface area contributed by atoms with Gasteiger partial charge in [-0.2, -0.15) is 0 Å². The summed E-state index contributed by atoms with van der Waals surface area (Å²) in [5, 5.41) is 0. The number of ether oxygens (including phenoxy) is 1. The fourth-order valence-electron chi connectivity index (χ4n) is 3.01. The standard InChI is InChI=1S/C16H17N5O/c1-22-16-12(5-4-6-18-16)13-11-19-15-14(17-7-10-21(13)15)20-8-2-3-9-20/h4-7,10-11H,2-3,8-9H2,1H3. The van der Waals surface area contributed by atoms with Crippen molar-refractivity contribution in [3.63, 3.8) is 0 Å². The third-order valence-electron chi connectivity index (χ3n) is 4.06. The number of anilines is 1. The van der Waals surface area contributed by atoms with Crippen LogP contribution >= 0.6 is 0 Å². The normalized spacial score (nSPS) is 14.7. The van der Waals surface area contributed by atoms with Gasteiger partial charge in [0.25, 0.3) is 0 Å². The highest BCUT2D eigenvalue weighted by molar-refractivity contribution is 5.73. The summed E-state index contributed by atoms with van der Waals surface area (Å²) in [5.74, 6) is 1.55. The van der Waals surface area contributed by atoms with E-state index >= 15 is 0 Å². The maximum absolute atomic E-state index is 5.37. The summed E-state index contributed by atoms with van der Waals surface area (Å²) < 4.78 is 7.43. The summed E-state index contributed by atoms with van der Waals surface area (Å²) in [7, 11) is 1.63. The molecule has 1 aliphatic heterocycles. The molecule has 1 saturated heterocycles. The van der Waals surface area contributed by atoms with Gasteiger partial charge in [0.05, 0.1) is 24.6 Å². The quantitative estimate of drug-likeness (QED) is 0.742. The summed E-state index contributed by atoms with van der Waals surface area (Å²) in [6.07, 6.45) is 9.77. The minimum atomic E-state index is 0.601. The Bertz CT molecular complexity index is 807. The Morgan fingerprint density at radius 2 is 1.95 bits per heavy atom. The van der Waals surface area contributed by atoms with Crippen LogP contribution in [-0.2, 0) is 0 Å². The van der Waals surface area contributed by atoms with Crippen LogP contribution in [0.2, 0.25) is 0 Å². The molecular formula is C16H17N5O. The molecule has 1 aliphatic rings. The van der Waals surface area contributed by atoms with Gasteiger partial charge in [0.15, 0.2) is 11.5 Å². The van der Waals surface area contributed by atoms with Crippen LogP contribution in [-0.4, -0.2) is 39.6 Å². The van der Waals surface area contributed by atoms with E-state index in [1.54, 1.807) is 13.3 Å². The molecule has 6 heteroatoms. The lowest BCUT2D eigenvalue weighted by atomic mass is 10.2. The second-order valence-corrected chi connectivity index (χ2v) is 5.34. The van der Waals surface area contributed by atoms with Crippen molar-refractivity contribution in [2.75, 3.05) is 25.1 Å². The number of methoxy groups -OCH3 is 1. The fraction of sp³-hybridized carbons (Fsp3) is 0.312. The minimum absolute atomic E-state index is 0.601. The van der Waals surface area contributed by atoms with Crippen molar-refractivity contribution in [3.05, 3.63) is 36.9 Å². The van der Waals surface area contributed by atoms with Crippen molar-refractivity contribution < 1.29 is 4.74 Å². The first kappa shape index (κ1) is 13.1.